The zero-order chi connectivity index (χ0) is 12.3. The lowest BCUT2D eigenvalue weighted by Crippen LogP contribution is -2.53. The molecule has 1 N–H and O–H groups in total. The summed E-state index contributed by atoms with van der Waals surface area (Å²) < 4.78 is 1.20. The van der Waals surface area contributed by atoms with Crippen molar-refractivity contribution in [2.45, 2.75) is 12.6 Å². The van der Waals surface area contributed by atoms with Crippen LogP contribution in [-0.4, -0.2) is 56.1 Å². The summed E-state index contributed by atoms with van der Waals surface area (Å²) in [5, 5.41) is 5.73. The Morgan fingerprint density at radius 3 is 3.12 bits per heavy atom. The second-order valence-corrected chi connectivity index (χ2v) is 6.75. The van der Waals surface area contributed by atoms with Gasteiger partial charge in [0.05, 0.1) is 0 Å². The monoisotopic (exact) mass is 317 g/mol. The minimum Gasteiger partial charge on any atom is -0.310 e. The van der Waals surface area contributed by atoms with Crippen molar-refractivity contribution in [3.05, 3.63) is 20.8 Å². The molecule has 1 fully saturated rings. The summed E-state index contributed by atoms with van der Waals surface area (Å²) in [7, 11) is 4.40. The summed E-state index contributed by atoms with van der Waals surface area (Å²) in [6.45, 7) is 5.58. The molecular formula is C12H20BrN3S. The van der Waals surface area contributed by atoms with Gasteiger partial charge in [-0.2, -0.15) is 0 Å². The van der Waals surface area contributed by atoms with E-state index in [2.05, 4.69) is 56.6 Å². The molecule has 1 aliphatic heterocycles. The quantitative estimate of drug-likeness (QED) is 0.914. The standard InChI is InChI=1S/C12H20BrN3S/c1-15-4-3-14-11(6-15)7-16(2)8-12-5-10(13)9-17-12/h5,9,11,14H,3-4,6-8H2,1-2H3. The molecule has 1 unspecified atom stereocenters. The third kappa shape index (κ3) is 4.34. The Kier molecular flexibility index (Phi) is 4.99. The van der Waals surface area contributed by atoms with Crippen molar-refractivity contribution in [2.24, 2.45) is 0 Å². The van der Waals surface area contributed by atoms with Crippen LogP contribution in [0.4, 0.5) is 0 Å². The Balaban J connectivity index is 1.78. The van der Waals surface area contributed by atoms with E-state index >= 15 is 0 Å². The Hall–Kier alpha value is 0.0600. The van der Waals surface area contributed by atoms with Crippen LogP contribution in [0, 0.1) is 0 Å². The zero-order valence-electron chi connectivity index (χ0n) is 10.4. The van der Waals surface area contributed by atoms with E-state index in [0.717, 1.165) is 32.7 Å². The predicted molar refractivity (Wildman–Crippen MR) is 77.6 cm³/mol. The second kappa shape index (κ2) is 6.29. The summed E-state index contributed by atoms with van der Waals surface area (Å²) in [6.07, 6.45) is 0. The largest absolute Gasteiger partial charge is 0.310 e. The average Bonchev–Trinajstić information content (AvgIpc) is 2.63. The van der Waals surface area contributed by atoms with Gasteiger partial charge in [-0.1, -0.05) is 0 Å². The Labute approximate surface area is 116 Å². The lowest BCUT2D eigenvalue weighted by atomic mass is 10.2. The van der Waals surface area contributed by atoms with E-state index in [1.807, 2.05) is 11.3 Å². The maximum Gasteiger partial charge on any atom is 0.0325 e. The molecule has 0 radical (unpaired) electrons. The summed E-state index contributed by atoms with van der Waals surface area (Å²) in [6, 6.07) is 2.81. The molecule has 1 saturated heterocycles. The highest BCUT2D eigenvalue weighted by Crippen LogP contribution is 2.20. The average molecular weight is 318 g/mol. The lowest BCUT2D eigenvalue weighted by Gasteiger charge is -2.33. The van der Waals surface area contributed by atoms with Crippen LogP contribution in [0.1, 0.15) is 4.88 Å². The number of halogens is 1. The number of piperazine rings is 1. The van der Waals surface area contributed by atoms with Gasteiger partial charge in [-0.15, -0.1) is 11.3 Å². The number of thiophene rings is 1. The zero-order valence-corrected chi connectivity index (χ0v) is 12.9. The molecular weight excluding hydrogens is 298 g/mol. The summed E-state index contributed by atoms with van der Waals surface area (Å²) >= 11 is 5.32. The van der Waals surface area contributed by atoms with Gasteiger partial charge < -0.3 is 10.2 Å². The molecule has 0 saturated carbocycles. The maximum atomic E-state index is 3.58. The SMILES string of the molecule is CN1CCNC(CN(C)Cc2cc(Br)cs2)C1. The second-order valence-electron chi connectivity index (χ2n) is 4.84. The van der Waals surface area contributed by atoms with Crippen LogP contribution in [0.5, 0.6) is 0 Å². The van der Waals surface area contributed by atoms with Gasteiger partial charge in [0.25, 0.3) is 0 Å². The normalized spacial score (nSPS) is 22.2. The van der Waals surface area contributed by atoms with Crippen molar-refractivity contribution >= 4 is 27.3 Å². The van der Waals surface area contributed by atoms with Crippen molar-refractivity contribution in [2.75, 3.05) is 40.3 Å². The molecule has 1 aromatic heterocycles. The fourth-order valence-corrected chi connectivity index (χ4v) is 3.79. The Bertz CT molecular complexity index is 355. The molecule has 5 heteroatoms. The van der Waals surface area contributed by atoms with E-state index in [-0.39, 0.29) is 0 Å². The highest BCUT2D eigenvalue weighted by Gasteiger charge is 2.17. The molecule has 1 aromatic rings. The first-order valence-electron chi connectivity index (χ1n) is 5.97. The molecule has 3 nitrogen and oxygen atoms in total. The van der Waals surface area contributed by atoms with Crippen LogP contribution in [-0.2, 0) is 6.54 Å². The lowest BCUT2D eigenvalue weighted by molar-refractivity contribution is 0.193. The summed E-state index contributed by atoms with van der Waals surface area (Å²) in [5.74, 6) is 0. The first kappa shape index (κ1) is 13.5. The number of hydrogen-bond donors (Lipinski definition) is 1. The van der Waals surface area contributed by atoms with Crippen LogP contribution in [0.15, 0.2) is 15.9 Å². The van der Waals surface area contributed by atoms with Crippen molar-refractivity contribution in [3.8, 4) is 0 Å². The van der Waals surface area contributed by atoms with Gasteiger partial charge in [-0.05, 0) is 36.1 Å². The Morgan fingerprint density at radius 2 is 2.47 bits per heavy atom. The van der Waals surface area contributed by atoms with E-state index in [0.29, 0.717) is 6.04 Å². The first-order chi connectivity index (χ1) is 8.13. The van der Waals surface area contributed by atoms with Gasteiger partial charge in [0.15, 0.2) is 0 Å². The third-order valence-electron chi connectivity index (χ3n) is 3.04. The van der Waals surface area contributed by atoms with Gasteiger partial charge in [-0.3, -0.25) is 4.90 Å². The molecule has 1 atom stereocenters. The van der Waals surface area contributed by atoms with Crippen LogP contribution in [0.25, 0.3) is 0 Å². The van der Waals surface area contributed by atoms with Crippen molar-refractivity contribution < 1.29 is 0 Å². The van der Waals surface area contributed by atoms with Gasteiger partial charge in [0.2, 0.25) is 0 Å². The molecule has 2 heterocycles. The van der Waals surface area contributed by atoms with E-state index < -0.39 is 0 Å². The van der Waals surface area contributed by atoms with Crippen LogP contribution in [0.3, 0.4) is 0 Å². The highest BCUT2D eigenvalue weighted by molar-refractivity contribution is 9.10. The smallest absolute Gasteiger partial charge is 0.0325 e. The number of rotatable bonds is 4. The van der Waals surface area contributed by atoms with Gasteiger partial charge in [-0.25, -0.2) is 0 Å². The molecule has 1 aliphatic rings. The molecule has 0 amide bonds. The fraction of sp³-hybridized carbons (Fsp3) is 0.667. The molecule has 0 aliphatic carbocycles. The van der Waals surface area contributed by atoms with Gasteiger partial charge >= 0.3 is 0 Å². The number of nitrogens with one attached hydrogen (secondary N) is 1. The topological polar surface area (TPSA) is 18.5 Å². The summed E-state index contributed by atoms with van der Waals surface area (Å²) in [4.78, 5) is 6.22. The van der Waals surface area contributed by atoms with Crippen LogP contribution < -0.4 is 5.32 Å². The molecule has 2 rings (SSSR count). The minimum atomic E-state index is 0.599. The fourth-order valence-electron chi connectivity index (χ4n) is 2.26. The molecule has 96 valence electrons. The Morgan fingerprint density at radius 1 is 1.65 bits per heavy atom. The minimum absolute atomic E-state index is 0.599. The van der Waals surface area contributed by atoms with E-state index in [4.69, 9.17) is 0 Å². The molecule has 0 spiro atoms. The van der Waals surface area contributed by atoms with Crippen molar-refractivity contribution in [1.82, 2.24) is 15.1 Å². The van der Waals surface area contributed by atoms with E-state index in [9.17, 15) is 0 Å². The van der Waals surface area contributed by atoms with Crippen LogP contribution >= 0.6 is 27.3 Å². The van der Waals surface area contributed by atoms with Crippen molar-refractivity contribution in [1.29, 1.82) is 0 Å². The summed E-state index contributed by atoms with van der Waals surface area (Å²) in [5.41, 5.74) is 0. The number of nitrogens with zero attached hydrogens (tertiary/aromatic N) is 2. The van der Waals surface area contributed by atoms with Crippen LogP contribution in [0.2, 0.25) is 0 Å². The molecule has 0 bridgehead atoms. The number of likely N-dealkylation sites (N-methyl/N-ethyl adjacent to an activating group) is 2. The number of hydrogen-bond acceptors (Lipinski definition) is 4. The van der Waals surface area contributed by atoms with Gasteiger partial charge in [0.1, 0.15) is 0 Å². The molecule has 0 aromatic carbocycles. The van der Waals surface area contributed by atoms with Gasteiger partial charge in [0, 0.05) is 53.5 Å². The van der Waals surface area contributed by atoms with E-state index in [1.165, 1.54) is 9.35 Å². The third-order valence-corrected chi connectivity index (χ3v) is 4.72. The van der Waals surface area contributed by atoms with Crippen molar-refractivity contribution in [3.63, 3.8) is 0 Å². The predicted octanol–water partition coefficient (Wildman–Crippen LogP) is 1.85. The highest BCUT2D eigenvalue weighted by atomic mass is 79.9. The first-order valence-corrected chi connectivity index (χ1v) is 7.64. The van der Waals surface area contributed by atoms with E-state index in [1.54, 1.807) is 0 Å². The molecule has 17 heavy (non-hydrogen) atoms. The maximum absolute atomic E-state index is 3.58.